The molecule has 0 bridgehead atoms. The molecule has 2 aliphatic heterocycles. The highest BCUT2D eigenvalue weighted by Gasteiger charge is 2.44. The van der Waals surface area contributed by atoms with Crippen LogP contribution in [0.3, 0.4) is 0 Å². The number of nitrogens with one attached hydrogen (secondary N) is 2. The van der Waals surface area contributed by atoms with Gasteiger partial charge >= 0.3 is 0 Å². The van der Waals surface area contributed by atoms with Crippen molar-refractivity contribution in [2.45, 2.75) is 43.9 Å². The minimum absolute atomic E-state index is 0.0392. The number of carbonyl (C=O) groups excluding carboxylic acids is 2. The number of nitrogens with zero attached hydrogens (tertiary/aromatic N) is 3. The summed E-state index contributed by atoms with van der Waals surface area (Å²) in [7, 11) is 6.14. The maximum absolute atomic E-state index is 12.9. The van der Waals surface area contributed by atoms with E-state index in [1.165, 1.54) is 11.3 Å². The third kappa shape index (κ3) is 5.13. The number of fused-ring (bicyclic) bond motifs is 1. The summed E-state index contributed by atoms with van der Waals surface area (Å²) in [6, 6.07) is 8.64. The smallest absolute Gasteiger partial charge is 0.239 e. The normalized spacial score (nSPS) is 24.5. The molecular weight excluding hydrogens is 378 g/mol. The second kappa shape index (κ2) is 9.96. The lowest BCUT2D eigenvalue weighted by molar-refractivity contribution is -0.126. The van der Waals surface area contributed by atoms with Crippen molar-refractivity contribution in [3.05, 3.63) is 29.8 Å². The minimum Gasteiger partial charge on any atom is -0.378 e. The number of hydrogen-bond acceptors (Lipinski definition) is 5. The van der Waals surface area contributed by atoms with Gasteiger partial charge in [0.2, 0.25) is 11.8 Å². The fourth-order valence-corrected chi connectivity index (χ4v) is 4.50. The fourth-order valence-electron chi connectivity index (χ4n) is 4.50. The molecule has 0 saturated carbocycles. The molecule has 7 nitrogen and oxygen atoms in total. The number of rotatable bonds is 7. The number of likely N-dealkylation sites (N-methyl/N-ethyl adjacent to an activating group) is 1. The van der Waals surface area contributed by atoms with Crippen LogP contribution in [0, 0.1) is 12.3 Å². The van der Waals surface area contributed by atoms with Gasteiger partial charge in [0.15, 0.2) is 0 Å². The predicted octanol–water partition coefficient (Wildman–Crippen LogP) is 0.655. The highest BCUT2D eigenvalue weighted by molar-refractivity contribution is 5.83. The van der Waals surface area contributed by atoms with Gasteiger partial charge in [-0.25, -0.2) is 0 Å². The summed E-state index contributed by atoms with van der Waals surface area (Å²) in [4.78, 5) is 31.5. The van der Waals surface area contributed by atoms with E-state index < -0.39 is 0 Å². The Balaban J connectivity index is 1.63. The molecule has 30 heavy (non-hydrogen) atoms. The summed E-state index contributed by atoms with van der Waals surface area (Å²) in [5.74, 6) is 2.47. The largest absolute Gasteiger partial charge is 0.378 e. The van der Waals surface area contributed by atoms with Crippen LogP contribution >= 0.6 is 0 Å². The topological polar surface area (TPSA) is 67.9 Å². The van der Waals surface area contributed by atoms with Crippen molar-refractivity contribution in [2.75, 3.05) is 45.7 Å². The molecule has 2 N–H and O–H groups in total. The van der Waals surface area contributed by atoms with E-state index in [1.54, 1.807) is 0 Å². The molecule has 2 aliphatic rings. The number of likely N-dealkylation sites (tertiary alicyclic amines) is 1. The Morgan fingerprint density at radius 1 is 1.33 bits per heavy atom. The quantitative estimate of drug-likeness (QED) is 0.645. The first kappa shape index (κ1) is 22.1. The van der Waals surface area contributed by atoms with Gasteiger partial charge < -0.3 is 15.5 Å². The van der Waals surface area contributed by atoms with Gasteiger partial charge in [-0.05, 0) is 37.6 Å². The monoisotopic (exact) mass is 411 g/mol. The van der Waals surface area contributed by atoms with Crippen molar-refractivity contribution < 1.29 is 9.59 Å². The number of anilines is 1. The number of amides is 2. The molecule has 1 aromatic rings. The van der Waals surface area contributed by atoms with E-state index >= 15 is 0 Å². The van der Waals surface area contributed by atoms with E-state index in [0.717, 1.165) is 19.5 Å². The lowest BCUT2D eigenvalue weighted by Crippen LogP contribution is -2.49. The van der Waals surface area contributed by atoms with Gasteiger partial charge in [-0.2, -0.15) is 0 Å². The first-order valence-corrected chi connectivity index (χ1v) is 10.6. The molecule has 3 rings (SSSR count). The van der Waals surface area contributed by atoms with Gasteiger partial charge in [0.25, 0.3) is 0 Å². The lowest BCUT2D eigenvalue weighted by Gasteiger charge is -2.33. The molecule has 2 amide bonds. The third-order valence-corrected chi connectivity index (χ3v) is 6.28. The van der Waals surface area contributed by atoms with Gasteiger partial charge in [-0.1, -0.05) is 18.1 Å². The van der Waals surface area contributed by atoms with Gasteiger partial charge in [-0.15, -0.1) is 6.42 Å². The predicted molar refractivity (Wildman–Crippen MR) is 119 cm³/mol. The van der Waals surface area contributed by atoms with E-state index in [1.807, 2.05) is 14.1 Å². The number of terminal acetylenes is 1. The highest BCUT2D eigenvalue weighted by atomic mass is 16.2. The first-order valence-electron chi connectivity index (χ1n) is 10.6. The zero-order valence-corrected chi connectivity index (χ0v) is 18.2. The van der Waals surface area contributed by atoms with Crippen LogP contribution in [-0.4, -0.2) is 80.5 Å². The zero-order valence-electron chi connectivity index (χ0n) is 18.2. The van der Waals surface area contributed by atoms with Gasteiger partial charge in [0.05, 0.1) is 6.54 Å². The summed E-state index contributed by atoms with van der Waals surface area (Å²) < 4.78 is 0. The molecule has 0 radical (unpaired) electrons. The molecule has 3 atom stereocenters. The van der Waals surface area contributed by atoms with E-state index in [2.05, 4.69) is 62.6 Å². The second-order valence-corrected chi connectivity index (χ2v) is 8.42. The van der Waals surface area contributed by atoms with Gasteiger partial charge in [0.1, 0.15) is 6.04 Å². The Labute approximate surface area is 179 Å². The number of benzene rings is 1. The maximum atomic E-state index is 12.9. The van der Waals surface area contributed by atoms with Crippen molar-refractivity contribution in [2.24, 2.45) is 0 Å². The average Bonchev–Trinajstić information content (AvgIpc) is 3.10. The van der Waals surface area contributed by atoms with Crippen LogP contribution in [-0.2, 0) is 16.1 Å². The SMILES string of the molecule is C#CCNC(=O)CC[C@H]1CNC(=O)[C@@H]2[C@@H](CCN2Cc2ccc(N(C)C)cc2)N1C. The van der Waals surface area contributed by atoms with Crippen LogP contribution in [0.4, 0.5) is 5.69 Å². The zero-order chi connectivity index (χ0) is 21.7. The van der Waals surface area contributed by atoms with Crippen molar-refractivity contribution in [1.29, 1.82) is 0 Å². The van der Waals surface area contributed by atoms with Gasteiger partial charge in [-0.3, -0.25) is 19.4 Å². The lowest BCUT2D eigenvalue weighted by atomic mass is 10.0. The minimum atomic E-state index is -0.163. The summed E-state index contributed by atoms with van der Waals surface area (Å²) in [6.45, 7) is 2.47. The Bertz CT molecular complexity index is 786. The van der Waals surface area contributed by atoms with Crippen LogP contribution in [0.1, 0.15) is 24.8 Å². The summed E-state index contributed by atoms with van der Waals surface area (Å²) >= 11 is 0. The van der Waals surface area contributed by atoms with Crippen LogP contribution in [0.5, 0.6) is 0 Å². The Hall–Kier alpha value is -2.56. The molecule has 1 aromatic carbocycles. The van der Waals surface area contributed by atoms with Crippen LogP contribution in [0.25, 0.3) is 0 Å². The van der Waals surface area contributed by atoms with Crippen LogP contribution < -0.4 is 15.5 Å². The molecule has 2 fully saturated rings. The molecular formula is C23H33N5O2. The Morgan fingerprint density at radius 3 is 2.73 bits per heavy atom. The van der Waals surface area contributed by atoms with Crippen LogP contribution in [0.2, 0.25) is 0 Å². The van der Waals surface area contributed by atoms with E-state index in [0.29, 0.717) is 19.4 Å². The molecule has 2 saturated heterocycles. The summed E-state index contributed by atoms with van der Waals surface area (Å²) in [5, 5.41) is 5.82. The van der Waals surface area contributed by atoms with E-state index in [4.69, 9.17) is 6.42 Å². The molecule has 2 heterocycles. The first-order chi connectivity index (χ1) is 14.4. The number of carbonyl (C=O) groups is 2. The fraction of sp³-hybridized carbons (Fsp3) is 0.565. The second-order valence-electron chi connectivity index (χ2n) is 8.42. The van der Waals surface area contributed by atoms with Crippen molar-refractivity contribution in [1.82, 2.24) is 20.4 Å². The molecule has 0 aromatic heterocycles. The Kier molecular flexibility index (Phi) is 7.35. The van der Waals surface area contributed by atoms with Crippen molar-refractivity contribution in [3.8, 4) is 12.3 Å². The molecule has 162 valence electrons. The van der Waals surface area contributed by atoms with Crippen LogP contribution in [0.15, 0.2) is 24.3 Å². The molecule has 0 unspecified atom stereocenters. The van der Waals surface area contributed by atoms with E-state index in [9.17, 15) is 9.59 Å². The van der Waals surface area contributed by atoms with Gasteiger partial charge in [0, 0.05) is 57.9 Å². The summed E-state index contributed by atoms with van der Waals surface area (Å²) in [5.41, 5.74) is 2.38. The highest BCUT2D eigenvalue weighted by Crippen LogP contribution is 2.28. The molecule has 0 spiro atoms. The summed E-state index contributed by atoms with van der Waals surface area (Å²) in [6.07, 6.45) is 7.25. The molecule has 7 heteroatoms. The number of hydrogen-bond donors (Lipinski definition) is 2. The Morgan fingerprint density at radius 2 is 2.07 bits per heavy atom. The van der Waals surface area contributed by atoms with E-state index in [-0.39, 0.29) is 36.5 Å². The maximum Gasteiger partial charge on any atom is 0.239 e. The standard InChI is InChI=1S/C23H33N5O2/c1-5-13-24-21(29)11-10-19-15-25-23(30)22-20(27(19)4)12-14-28(22)16-17-6-8-18(9-7-17)26(2)3/h1,6-9,19-20,22H,10-16H2,2-4H3,(H,24,29)(H,25,30)/t19-,20+,22-/m0/s1. The third-order valence-electron chi connectivity index (χ3n) is 6.28. The molecule has 0 aliphatic carbocycles. The van der Waals surface area contributed by atoms with Crippen molar-refractivity contribution >= 4 is 17.5 Å². The average molecular weight is 412 g/mol. The van der Waals surface area contributed by atoms with Crippen molar-refractivity contribution in [3.63, 3.8) is 0 Å².